The quantitative estimate of drug-likeness (QED) is 0.916. The maximum Gasteiger partial charge on any atom is 0.275 e. The van der Waals surface area contributed by atoms with Crippen LogP contribution in [0.15, 0.2) is 15.7 Å². The van der Waals surface area contributed by atoms with Gasteiger partial charge in [-0.2, -0.15) is 0 Å². The van der Waals surface area contributed by atoms with Gasteiger partial charge in [-0.25, -0.2) is 18.1 Å². The van der Waals surface area contributed by atoms with Crippen LogP contribution in [0.1, 0.15) is 45.9 Å². The van der Waals surface area contributed by atoms with Gasteiger partial charge in [0, 0.05) is 12.0 Å². The van der Waals surface area contributed by atoms with E-state index in [-0.39, 0.29) is 22.7 Å². The molecule has 118 valence electrons. The van der Waals surface area contributed by atoms with Gasteiger partial charge in [-0.15, -0.1) is 0 Å². The SMILES string of the molecule is CC(C)(C)c1ncc(S(=O)(=O)N[C@@H]2CCO[C@H]2C2CC2)o1. The minimum Gasteiger partial charge on any atom is -0.427 e. The zero-order valence-electron chi connectivity index (χ0n) is 12.6. The maximum atomic E-state index is 12.4. The molecule has 0 bridgehead atoms. The third kappa shape index (κ3) is 3.14. The molecule has 0 aromatic carbocycles. The molecule has 1 aliphatic heterocycles. The van der Waals surface area contributed by atoms with Gasteiger partial charge in [0.15, 0.2) is 0 Å². The van der Waals surface area contributed by atoms with Gasteiger partial charge in [-0.05, 0) is 25.2 Å². The molecule has 1 saturated heterocycles. The molecule has 1 aliphatic carbocycles. The maximum absolute atomic E-state index is 12.4. The molecule has 1 aromatic rings. The van der Waals surface area contributed by atoms with Crippen molar-refractivity contribution in [1.82, 2.24) is 9.71 Å². The summed E-state index contributed by atoms with van der Waals surface area (Å²) in [5, 5.41) is -0.117. The van der Waals surface area contributed by atoms with Crippen molar-refractivity contribution in [2.24, 2.45) is 5.92 Å². The lowest BCUT2D eigenvalue weighted by molar-refractivity contribution is 0.0847. The molecule has 21 heavy (non-hydrogen) atoms. The van der Waals surface area contributed by atoms with E-state index in [9.17, 15) is 8.42 Å². The Kier molecular flexibility index (Phi) is 3.62. The Labute approximate surface area is 125 Å². The van der Waals surface area contributed by atoms with E-state index in [0.29, 0.717) is 24.8 Å². The van der Waals surface area contributed by atoms with Crippen molar-refractivity contribution in [3.8, 4) is 0 Å². The second kappa shape index (κ2) is 5.07. The number of aromatic nitrogens is 1. The normalized spacial score (nSPS) is 27.2. The number of ether oxygens (including phenoxy) is 1. The number of hydrogen-bond acceptors (Lipinski definition) is 5. The number of nitrogens with one attached hydrogen (secondary N) is 1. The smallest absolute Gasteiger partial charge is 0.275 e. The standard InChI is InChI=1S/C14H22N2O4S/c1-14(2,3)13-15-8-11(20-13)21(17,18)16-10-6-7-19-12(10)9-4-5-9/h8-10,12,16H,4-7H2,1-3H3/t10-,12+/m1/s1. The van der Waals surface area contributed by atoms with Gasteiger partial charge in [0.1, 0.15) is 0 Å². The molecule has 1 aromatic heterocycles. The van der Waals surface area contributed by atoms with Gasteiger partial charge >= 0.3 is 0 Å². The van der Waals surface area contributed by atoms with Crippen LogP contribution in [0.2, 0.25) is 0 Å². The summed E-state index contributed by atoms with van der Waals surface area (Å²) in [6.45, 7) is 6.39. The summed E-state index contributed by atoms with van der Waals surface area (Å²) in [6, 6.07) is -0.161. The highest BCUT2D eigenvalue weighted by atomic mass is 32.2. The molecule has 0 spiro atoms. The molecule has 2 atom stereocenters. The van der Waals surface area contributed by atoms with E-state index in [2.05, 4.69) is 9.71 Å². The lowest BCUT2D eigenvalue weighted by Gasteiger charge is -2.18. The number of hydrogen-bond donors (Lipinski definition) is 1. The fourth-order valence-corrected chi connectivity index (χ4v) is 3.76. The Bertz CT molecular complexity index is 613. The highest BCUT2D eigenvalue weighted by Gasteiger charge is 2.42. The first-order valence-electron chi connectivity index (χ1n) is 7.37. The fourth-order valence-electron chi connectivity index (χ4n) is 2.61. The first-order valence-corrected chi connectivity index (χ1v) is 8.86. The summed E-state index contributed by atoms with van der Waals surface area (Å²) in [5.74, 6) is 0.921. The van der Waals surface area contributed by atoms with Crippen LogP contribution in [-0.2, 0) is 20.2 Å². The molecule has 1 saturated carbocycles. The average Bonchev–Trinajstić information content (AvgIpc) is 2.90. The van der Waals surface area contributed by atoms with Crippen LogP contribution >= 0.6 is 0 Å². The van der Waals surface area contributed by atoms with Gasteiger partial charge in [0.2, 0.25) is 5.89 Å². The van der Waals surface area contributed by atoms with Crippen LogP contribution in [0.4, 0.5) is 0 Å². The van der Waals surface area contributed by atoms with E-state index in [0.717, 1.165) is 12.8 Å². The zero-order valence-corrected chi connectivity index (χ0v) is 13.4. The van der Waals surface area contributed by atoms with Crippen molar-refractivity contribution < 1.29 is 17.6 Å². The van der Waals surface area contributed by atoms with E-state index in [1.54, 1.807) is 0 Å². The number of oxazole rings is 1. The van der Waals surface area contributed by atoms with Crippen molar-refractivity contribution in [2.45, 2.75) is 62.7 Å². The van der Waals surface area contributed by atoms with Crippen molar-refractivity contribution in [3.05, 3.63) is 12.1 Å². The van der Waals surface area contributed by atoms with E-state index >= 15 is 0 Å². The molecular formula is C14H22N2O4S. The van der Waals surface area contributed by atoms with Gasteiger partial charge in [-0.3, -0.25) is 0 Å². The number of sulfonamides is 1. The summed E-state index contributed by atoms with van der Waals surface area (Å²) in [5.41, 5.74) is -0.319. The summed E-state index contributed by atoms with van der Waals surface area (Å²) in [4.78, 5) is 4.08. The largest absolute Gasteiger partial charge is 0.427 e. The Balaban J connectivity index is 1.76. The van der Waals surface area contributed by atoms with Crippen LogP contribution in [0.3, 0.4) is 0 Å². The van der Waals surface area contributed by atoms with E-state index < -0.39 is 10.0 Å². The molecule has 2 aliphatic rings. The van der Waals surface area contributed by atoms with Gasteiger partial charge in [0.25, 0.3) is 15.1 Å². The number of rotatable bonds is 4. The highest BCUT2D eigenvalue weighted by molar-refractivity contribution is 7.89. The van der Waals surface area contributed by atoms with Crippen LogP contribution in [0.25, 0.3) is 0 Å². The molecule has 2 heterocycles. The fraction of sp³-hybridized carbons (Fsp3) is 0.786. The Hall–Kier alpha value is -0.920. The van der Waals surface area contributed by atoms with Crippen molar-refractivity contribution in [3.63, 3.8) is 0 Å². The van der Waals surface area contributed by atoms with Crippen molar-refractivity contribution in [1.29, 1.82) is 0 Å². The molecular weight excluding hydrogens is 292 g/mol. The van der Waals surface area contributed by atoms with E-state index in [1.807, 2.05) is 20.8 Å². The molecule has 7 heteroatoms. The molecule has 0 amide bonds. The molecule has 0 radical (unpaired) electrons. The first kappa shape index (κ1) is 15.0. The first-order chi connectivity index (χ1) is 9.77. The third-order valence-corrected chi connectivity index (χ3v) is 5.25. The Morgan fingerprint density at radius 2 is 2.00 bits per heavy atom. The Morgan fingerprint density at radius 1 is 1.29 bits per heavy atom. The van der Waals surface area contributed by atoms with Crippen molar-refractivity contribution in [2.75, 3.05) is 6.61 Å². The van der Waals surface area contributed by atoms with Crippen LogP contribution < -0.4 is 4.72 Å². The molecule has 6 nitrogen and oxygen atoms in total. The lowest BCUT2D eigenvalue weighted by Crippen LogP contribution is -2.41. The average molecular weight is 314 g/mol. The van der Waals surface area contributed by atoms with Crippen molar-refractivity contribution >= 4 is 10.0 Å². The van der Waals surface area contributed by atoms with Gasteiger partial charge in [-0.1, -0.05) is 20.8 Å². The minimum absolute atomic E-state index is 0.00443. The van der Waals surface area contributed by atoms with E-state index in [4.69, 9.17) is 9.15 Å². The van der Waals surface area contributed by atoms with Gasteiger partial charge < -0.3 is 9.15 Å². The zero-order chi connectivity index (χ0) is 15.3. The number of nitrogens with zero attached hydrogens (tertiary/aromatic N) is 1. The summed E-state index contributed by atoms with van der Waals surface area (Å²) in [6.07, 6.45) is 4.24. The molecule has 0 unspecified atom stereocenters. The van der Waals surface area contributed by atoms with Gasteiger partial charge in [0.05, 0.1) is 18.3 Å². The monoisotopic (exact) mass is 314 g/mol. The second-order valence-corrected chi connectivity index (χ2v) is 8.57. The topological polar surface area (TPSA) is 81.4 Å². The molecule has 2 fully saturated rings. The second-order valence-electron chi connectivity index (χ2n) is 6.92. The lowest BCUT2D eigenvalue weighted by atomic mass is 9.97. The van der Waals surface area contributed by atoms with Crippen LogP contribution in [-0.4, -0.2) is 32.2 Å². The summed E-state index contributed by atoms with van der Waals surface area (Å²) >= 11 is 0. The summed E-state index contributed by atoms with van der Waals surface area (Å²) in [7, 11) is -3.68. The van der Waals surface area contributed by atoms with Crippen LogP contribution in [0, 0.1) is 5.92 Å². The third-order valence-electron chi connectivity index (χ3n) is 3.92. The van der Waals surface area contributed by atoms with E-state index in [1.165, 1.54) is 6.20 Å². The minimum atomic E-state index is -3.68. The Morgan fingerprint density at radius 3 is 2.57 bits per heavy atom. The highest BCUT2D eigenvalue weighted by Crippen LogP contribution is 2.39. The predicted octanol–water partition coefficient (Wildman–Crippen LogP) is 1.82. The molecule has 3 rings (SSSR count). The van der Waals surface area contributed by atoms with Crippen LogP contribution in [0.5, 0.6) is 0 Å². The predicted molar refractivity (Wildman–Crippen MR) is 76.4 cm³/mol. The summed E-state index contributed by atoms with van der Waals surface area (Å²) < 4.78 is 38.6. The molecule has 1 N–H and O–H groups in total.